The molecule has 0 bridgehead atoms. The van der Waals surface area contributed by atoms with Gasteiger partial charge in [-0.3, -0.25) is 0 Å². The molecule has 1 aromatic carbocycles. The first-order valence-electron chi connectivity index (χ1n) is 3.45. The van der Waals surface area contributed by atoms with Crippen LogP contribution >= 0.6 is 0 Å². The normalized spacial score (nSPS) is 12.8. The van der Waals surface area contributed by atoms with Gasteiger partial charge in [-0.05, 0) is 30.2 Å². The lowest BCUT2D eigenvalue weighted by molar-refractivity contribution is 0.474. The highest BCUT2D eigenvalue weighted by Gasteiger charge is 2.00. The van der Waals surface area contributed by atoms with Crippen LogP contribution < -0.4 is 0 Å². The highest BCUT2D eigenvalue weighted by molar-refractivity contribution is 7.78. The molecule has 1 atom stereocenters. The first-order chi connectivity index (χ1) is 5.58. The Hall–Kier alpha value is -0.870. The molecule has 66 valence electrons. The van der Waals surface area contributed by atoms with Gasteiger partial charge < -0.3 is 9.66 Å². The van der Waals surface area contributed by atoms with Crippen molar-refractivity contribution in [3.63, 3.8) is 0 Å². The van der Waals surface area contributed by atoms with E-state index in [-0.39, 0.29) is 11.5 Å². The van der Waals surface area contributed by atoms with Crippen LogP contribution in [0.5, 0.6) is 5.75 Å². The van der Waals surface area contributed by atoms with Gasteiger partial charge >= 0.3 is 0 Å². The monoisotopic (exact) mass is 186 g/mol. The van der Waals surface area contributed by atoms with Crippen LogP contribution in [0.3, 0.4) is 0 Å². The summed E-state index contributed by atoms with van der Waals surface area (Å²) in [6.07, 6.45) is 0. The summed E-state index contributed by atoms with van der Waals surface area (Å²) < 4.78 is 19.0. The lowest BCUT2D eigenvalue weighted by Gasteiger charge is -2.00. The number of benzene rings is 1. The van der Waals surface area contributed by atoms with Crippen LogP contribution in [0.2, 0.25) is 0 Å². The van der Waals surface area contributed by atoms with Crippen LogP contribution in [0.25, 0.3) is 0 Å². The van der Waals surface area contributed by atoms with Crippen LogP contribution in [0, 0.1) is 6.92 Å². The molecule has 0 aromatic heterocycles. The minimum atomic E-state index is -1.84. The Bertz CT molecular complexity index is 289. The molecule has 0 aliphatic rings. The molecule has 12 heavy (non-hydrogen) atoms. The average molecular weight is 186 g/mol. The molecule has 0 aliphatic carbocycles. The molecule has 0 spiro atoms. The second kappa shape index (κ2) is 3.69. The van der Waals surface area contributed by atoms with E-state index >= 15 is 0 Å². The molecule has 3 nitrogen and oxygen atoms in total. The summed E-state index contributed by atoms with van der Waals surface area (Å²) in [5.74, 6) is 0.199. The summed E-state index contributed by atoms with van der Waals surface area (Å²) in [7, 11) is 0. The van der Waals surface area contributed by atoms with E-state index in [0.717, 1.165) is 5.56 Å². The van der Waals surface area contributed by atoms with Gasteiger partial charge in [-0.25, -0.2) is 4.21 Å². The first-order valence-corrected chi connectivity index (χ1v) is 4.72. The Kier molecular flexibility index (Phi) is 2.83. The minimum absolute atomic E-state index is 0.0647. The predicted octanol–water partition coefficient (Wildman–Crippen LogP) is 1.42. The zero-order valence-electron chi connectivity index (χ0n) is 6.65. The average Bonchev–Trinajstić information content (AvgIpc) is 1.81. The summed E-state index contributed by atoms with van der Waals surface area (Å²) in [4.78, 5) is 0. The van der Waals surface area contributed by atoms with Crippen molar-refractivity contribution < 1.29 is 13.9 Å². The Morgan fingerprint density at radius 2 is 2.08 bits per heavy atom. The molecule has 1 aromatic rings. The highest BCUT2D eigenvalue weighted by Crippen LogP contribution is 2.15. The van der Waals surface area contributed by atoms with Crippen molar-refractivity contribution in [2.75, 3.05) is 0 Å². The largest absolute Gasteiger partial charge is 0.508 e. The summed E-state index contributed by atoms with van der Waals surface area (Å²) in [5, 5.41) is 9.13. The molecule has 2 N–H and O–H groups in total. The standard InChI is InChI=1S/C8H10O3S/c1-6-2-7(5-12(10)11)4-8(9)3-6/h2-4,9H,5H2,1H3,(H,10,11). The number of hydrogen-bond acceptors (Lipinski definition) is 2. The first kappa shape index (κ1) is 9.22. The van der Waals surface area contributed by atoms with Crippen molar-refractivity contribution in [1.29, 1.82) is 0 Å². The van der Waals surface area contributed by atoms with Crippen LogP contribution in [0.15, 0.2) is 18.2 Å². The Labute approximate surface area is 73.3 Å². The van der Waals surface area contributed by atoms with Crippen LogP contribution in [-0.4, -0.2) is 13.9 Å². The van der Waals surface area contributed by atoms with E-state index < -0.39 is 11.1 Å². The molecule has 0 saturated heterocycles. The van der Waals surface area contributed by atoms with E-state index in [0.29, 0.717) is 5.56 Å². The third kappa shape index (κ3) is 2.64. The Morgan fingerprint density at radius 1 is 1.42 bits per heavy atom. The minimum Gasteiger partial charge on any atom is -0.508 e. The van der Waals surface area contributed by atoms with Gasteiger partial charge in [0, 0.05) is 0 Å². The lowest BCUT2D eigenvalue weighted by Crippen LogP contribution is -1.92. The smallest absolute Gasteiger partial charge is 0.157 e. The van der Waals surface area contributed by atoms with E-state index in [2.05, 4.69) is 0 Å². The molecular formula is C8H10O3S. The second-order valence-corrected chi connectivity index (χ2v) is 3.57. The molecule has 4 heteroatoms. The summed E-state index contributed by atoms with van der Waals surface area (Å²) in [6, 6.07) is 4.86. The predicted molar refractivity (Wildman–Crippen MR) is 47.3 cm³/mol. The molecule has 0 radical (unpaired) electrons. The molecule has 1 rings (SSSR count). The van der Waals surface area contributed by atoms with E-state index in [4.69, 9.17) is 9.66 Å². The van der Waals surface area contributed by atoms with Crippen molar-refractivity contribution in [3.8, 4) is 5.75 Å². The van der Waals surface area contributed by atoms with Crippen molar-refractivity contribution in [3.05, 3.63) is 29.3 Å². The Morgan fingerprint density at radius 3 is 2.58 bits per heavy atom. The zero-order chi connectivity index (χ0) is 9.14. The third-order valence-corrected chi connectivity index (χ3v) is 1.99. The second-order valence-electron chi connectivity index (χ2n) is 2.64. The van der Waals surface area contributed by atoms with Crippen LogP contribution in [-0.2, 0) is 16.8 Å². The number of aryl methyl sites for hydroxylation is 1. The van der Waals surface area contributed by atoms with E-state index in [1.807, 2.05) is 6.92 Å². The molecule has 0 saturated carbocycles. The van der Waals surface area contributed by atoms with Crippen LogP contribution in [0.4, 0.5) is 0 Å². The third-order valence-electron chi connectivity index (χ3n) is 1.41. The number of phenolic OH excluding ortho intramolecular Hbond substituents is 1. The van der Waals surface area contributed by atoms with E-state index in [9.17, 15) is 4.21 Å². The molecular weight excluding hydrogens is 176 g/mol. The molecule has 0 aliphatic heterocycles. The van der Waals surface area contributed by atoms with Crippen LogP contribution in [0.1, 0.15) is 11.1 Å². The fraction of sp³-hybridized carbons (Fsp3) is 0.250. The van der Waals surface area contributed by atoms with Gasteiger partial charge in [0.15, 0.2) is 11.1 Å². The maximum atomic E-state index is 10.4. The number of aromatic hydroxyl groups is 1. The number of hydrogen-bond donors (Lipinski definition) is 2. The lowest BCUT2D eigenvalue weighted by atomic mass is 10.1. The molecule has 0 heterocycles. The van der Waals surface area contributed by atoms with Crippen molar-refractivity contribution in [1.82, 2.24) is 0 Å². The topological polar surface area (TPSA) is 57.5 Å². The summed E-state index contributed by atoms with van der Waals surface area (Å²) in [6.45, 7) is 1.82. The number of phenols is 1. The number of rotatable bonds is 2. The quantitative estimate of drug-likeness (QED) is 0.687. The Balaban J connectivity index is 2.93. The van der Waals surface area contributed by atoms with Gasteiger partial charge in [0.05, 0.1) is 5.75 Å². The van der Waals surface area contributed by atoms with Crippen molar-refractivity contribution in [2.24, 2.45) is 0 Å². The maximum Gasteiger partial charge on any atom is 0.157 e. The van der Waals surface area contributed by atoms with Gasteiger partial charge in [-0.2, -0.15) is 0 Å². The van der Waals surface area contributed by atoms with Gasteiger partial charge in [0.2, 0.25) is 0 Å². The van der Waals surface area contributed by atoms with E-state index in [1.54, 1.807) is 12.1 Å². The molecule has 0 amide bonds. The van der Waals surface area contributed by atoms with Gasteiger partial charge in [-0.15, -0.1) is 0 Å². The van der Waals surface area contributed by atoms with Gasteiger partial charge in [-0.1, -0.05) is 6.07 Å². The van der Waals surface area contributed by atoms with Crippen molar-refractivity contribution >= 4 is 11.1 Å². The molecule has 1 unspecified atom stereocenters. The maximum absolute atomic E-state index is 10.4. The van der Waals surface area contributed by atoms with Crippen molar-refractivity contribution in [2.45, 2.75) is 12.7 Å². The highest BCUT2D eigenvalue weighted by atomic mass is 32.2. The fourth-order valence-electron chi connectivity index (χ4n) is 1.07. The van der Waals surface area contributed by atoms with Gasteiger partial charge in [0.25, 0.3) is 0 Å². The van der Waals surface area contributed by atoms with E-state index in [1.165, 1.54) is 6.07 Å². The summed E-state index contributed by atoms with van der Waals surface area (Å²) in [5.41, 5.74) is 1.56. The fourth-order valence-corrected chi connectivity index (χ4v) is 1.52. The zero-order valence-corrected chi connectivity index (χ0v) is 7.47. The SMILES string of the molecule is Cc1cc(O)cc(CS(=O)O)c1. The summed E-state index contributed by atoms with van der Waals surface area (Å²) >= 11 is -1.84. The molecule has 0 fully saturated rings. The van der Waals surface area contributed by atoms with Gasteiger partial charge in [0.1, 0.15) is 5.75 Å².